The quantitative estimate of drug-likeness (QED) is 0.598. The molecule has 6 heteroatoms. The van der Waals surface area contributed by atoms with E-state index in [0.29, 0.717) is 6.04 Å². The van der Waals surface area contributed by atoms with E-state index in [1.807, 2.05) is 35.9 Å². The van der Waals surface area contributed by atoms with Gasteiger partial charge in [-0.3, -0.25) is 0 Å². The first-order valence-corrected chi connectivity index (χ1v) is 8.27. The molecule has 1 aliphatic rings. The van der Waals surface area contributed by atoms with Gasteiger partial charge in [0.15, 0.2) is 11.5 Å². The van der Waals surface area contributed by atoms with E-state index in [-0.39, 0.29) is 12.4 Å². The molecule has 5 nitrogen and oxygen atoms in total. The minimum Gasteiger partial charge on any atom is -0.381 e. The average molecular weight is 352 g/mol. The summed E-state index contributed by atoms with van der Waals surface area (Å²) in [5.74, 6) is 0.788. The van der Waals surface area contributed by atoms with Gasteiger partial charge in [0.25, 0.3) is 0 Å². The summed E-state index contributed by atoms with van der Waals surface area (Å²) < 4.78 is 1.84. The highest BCUT2D eigenvalue weighted by Crippen LogP contribution is 2.36. The topological polar surface area (TPSA) is 55.6 Å². The summed E-state index contributed by atoms with van der Waals surface area (Å²) in [6.07, 6.45) is 4.24. The number of halogens is 1. The summed E-state index contributed by atoms with van der Waals surface area (Å²) >= 11 is 0. The molecule has 3 aromatic heterocycles. The second-order valence-electron chi connectivity index (χ2n) is 6.31. The molecule has 1 aliphatic carbocycles. The molecule has 0 aliphatic heterocycles. The van der Waals surface area contributed by atoms with Crippen LogP contribution in [0.25, 0.3) is 27.8 Å². The maximum atomic E-state index is 4.88. The van der Waals surface area contributed by atoms with Gasteiger partial charge < -0.3 is 5.32 Å². The fourth-order valence-corrected chi connectivity index (χ4v) is 3.16. The third-order valence-corrected chi connectivity index (χ3v) is 4.48. The summed E-state index contributed by atoms with van der Waals surface area (Å²) in [5.41, 5.74) is 3.95. The Hall–Kier alpha value is -2.66. The molecule has 1 fully saturated rings. The molecule has 0 unspecified atom stereocenters. The number of nitrogens with one attached hydrogen (secondary N) is 1. The van der Waals surface area contributed by atoms with Crippen molar-refractivity contribution in [1.82, 2.24) is 19.7 Å². The third-order valence-electron chi connectivity index (χ3n) is 4.48. The summed E-state index contributed by atoms with van der Waals surface area (Å²) in [6, 6.07) is 14.7. The fourth-order valence-electron chi connectivity index (χ4n) is 3.16. The number of hydrogen-bond acceptors (Lipinski definition) is 4. The van der Waals surface area contributed by atoms with Gasteiger partial charge in [0, 0.05) is 17.6 Å². The van der Waals surface area contributed by atoms with Crippen molar-refractivity contribution in [2.24, 2.45) is 0 Å². The van der Waals surface area contributed by atoms with Crippen LogP contribution >= 0.6 is 12.4 Å². The maximum absolute atomic E-state index is 4.88. The van der Waals surface area contributed by atoms with E-state index < -0.39 is 0 Å². The predicted octanol–water partition coefficient (Wildman–Crippen LogP) is 4.27. The number of rotatable bonds is 3. The van der Waals surface area contributed by atoms with Crippen LogP contribution in [0, 0.1) is 6.92 Å². The van der Waals surface area contributed by atoms with Gasteiger partial charge in [-0.25, -0.2) is 9.97 Å². The largest absolute Gasteiger partial charge is 0.381 e. The smallest absolute Gasteiger partial charge is 0.167 e. The summed E-state index contributed by atoms with van der Waals surface area (Å²) in [5, 5.41) is 10.7. The van der Waals surface area contributed by atoms with Crippen molar-refractivity contribution < 1.29 is 0 Å². The van der Waals surface area contributed by atoms with Crippen LogP contribution in [0.1, 0.15) is 18.5 Å². The molecule has 0 saturated heterocycles. The predicted molar refractivity (Wildman–Crippen MR) is 103 cm³/mol. The molecule has 1 aromatic carbocycles. The van der Waals surface area contributed by atoms with Crippen LogP contribution in [0.2, 0.25) is 0 Å². The van der Waals surface area contributed by atoms with E-state index in [9.17, 15) is 0 Å². The number of para-hydroxylation sites is 1. The van der Waals surface area contributed by atoms with Crippen LogP contribution in [0.5, 0.6) is 0 Å². The van der Waals surface area contributed by atoms with Crippen molar-refractivity contribution in [1.29, 1.82) is 0 Å². The Balaban J connectivity index is 0.00000157. The number of aromatic nitrogens is 4. The molecular weight excluding hydrogens is 334 g/mol. The normalized spacial score (nSPS) is 13.8. The van der Waals surface area contributed by atoms with Crippen molar-refractivity contribution in [3.63, 3.8) is 0 Å². The van der Waals surface area contributed by atoms with E-state index in [1.54, 1.807) is 6.20 Å². The van der Waals surface area contributed by atoms with Crippen molar-refractivity contribution in [3.8, 4) is 5.82 Å². The van der Waals surface area contributed by atoms with Crippen molar-refractivity contribution in [2.75, 3.05) is 5.32 Å². The number of anilines is 1. The third kappa shape index (κ3) is 2.61. The molecule has 1 saturated carbocycles. The lowest BCUT2D eigenvalue weighted by Gasteiger charge is -2.11. The molecule has 4 aromatic rings. The van der Waals surface area contributed by atoms with E-state index in [0.717, 1.165) is 39.1 Å². The van der Waals surface area contributed by atoms with Gasteiger partial charge in [-0.2, -0.15) is 9.78 Å². The van der Waals surface area contributed by atoms with E-state index in [1.165, 1.54) is 12.8 Å². The molecule has 126 valence electrons. The lowest BCUT2D eigenvalue weighted by atomic mass is 10.1. The lowest BCUT2D eigenvalue weighted by molar-refractivity contribution is 0.849. The second kappa shape index (κ2) is 6.01. The Bertz CT molecular complexity index is 1050. The van der Waals surface area contributed by atoms with Crippen LogP contribution < -0.4 is 5.32 Å². The number of fused-ring (bicyclic) bond motifs is 2. The van der Waals surface area contributed by atoms with E-state index in [2.05, 4.69) is 28.5 Å². The Kier molecular flexibility index (Phi) is 3.81. The molecule has 5 rings (SSSR count). The molecule has 1 N–H and O–H groups in total. The Labute approximate surface area is 151 Å². The molecule has 0 radical (unpaired) electrons. The molecule has 25 heavy (non-hydrogen) atoms. The Morgan fingerprint density at radius 3 is 2.64 bits per heavy atom. The van der Waals surface area contributed by atoms with Gasteiger partial charge in [0.2, 0.25) is 0 Å². The van der Waals surface area contributed by atoms with Crippen LogP contribution in [-0.4, -0.2) is 25.8 Å². The first-order valence-electron chi connectivity index (χ1n) is 8.27. The van der Waals surface area contributed by atoms with Crippen molar-refractivity contribution >= 4 is 40.0 Å². The van der Waals surface area contributed by atoms with Gasteiger partial charge in [-0.1, -0.05) is 24.3 Å². The number of benzene rings is 1. The van der Waals surface area contributed by atoms with Gasteiger partial charge in [0.1, 0.15) is 0 Å². The summed E-state index contributed by atoms with van der Waals surface area (Å²) in [4.78, 5) is 9.32. The molecule has 0 spiro atoms. The summed E-state index contributed by atoms with van der Waals surface area (Å²) in [7, 11) is 0. The Morgan fingerprint density at radius 2 is 1.88 bits per heavy atom. The van der Waals surface area contributed by atoms with Gasteiger partial charge in [0.05, 0.1) is 22.3 Å². The second-order valence-corrected chi connectivity index (χ2v) is 6.31. The molecule has 0 atom stereocenters. The minimum atomic E-state index is 0. The number of pyridine rings is 2. The van der Waals surface area contributed by atoms with Crippen molar-refractivity contribution in [2.45, 2.75) is 25.8 Å². The molecular formula is C19H18ClN5. The standard InChI is InChI=1S/C19H17N5.ClH/c1-12-17-18(21-13-9-10-13)14-6-2-3-7-15(14)22-19(17)24(23-12)16-8-4-5-11-20-16;/h2-8,11,13H,9-10H2,1H3,(H,21,22);1H. The lowest BCUT2D eigenvalue weighted by Crippen LogP contribution is -2.04. The van der Waals surface area contributed by atoms with Crippen LogP contribution in [-0.2, 0) is 0 Å². The van der Waals surface area contributed by atoms with Gasteiger partial charge in [-0.05, 0) is 38.0 Å². The molecule has 0 bridgehead atoms. The summed E-state index contributed by atoms with van der Waals surface area (Å²) in [6.45, 7) is 2.04. The first kappa shape index (κ1) is 15.8. The average Bonchev–Trinajstić information content (AvgIpc) is 3.38. The maximum Gasteiger partial charge on any atom is 0.167 e. The highest BCUT2D eigenvalue weighted by molar-refractivity contribution is 6.08. The zero-order valence-electron chi connectivity index (χ0n) is 13.8. The van der Waals surface area contributed by atoms with Crippen molar-refractivity contribution in [3.05, 3.63) is 54.4 Å². The van der Waals surface area contributed by atoms with Crippen LogP contribution in [0.4, 0.5) is 5.69 Å². The minimum absolute atomic E-state index is 0. The van der Waals surface area contributed by atoms with E-state index in [4.69, 9.17) is 10.1 Å². The number of aryl methyl sites for hydroxylation is 1. The first-order chi connectivity index (χ1) is 11.8. The highest BCUT2D eigenvalue weighted by atomic mass is 35.5. The number of hydrogen-bond donors (Lipinski definition) is 1. The van der Waals surface area contributed by atoms with Crippen LogP contribution in [0.3, 0.4) is 0 Å². The zero-order chi connectivity index (χ0) is 16.1. The van der Waals surface area contributed by atoms with Gasteiger partial charge in [-0.15, -0.1) is 12.4 Å². The molecule has 0 amide bonds. The van der Waals surface area contributed by atoms with E-state index >= 15 is 0 Å². The fraction of sp³-hybridized carbons (Fsp3) is 0.211. The SMILES string of the molecule is Cc1nn(-c2ccccn2)c2nc3ccccc3c(NC3CC3)c12.Cl. The Morgan fingerprint density at radius 1 is 1.08 bits per heavy atom. The van der Waals surface area contributed by atoms with Gasteiger partial charge >= 0.3 is 0 Å². The molecule has 3 heterocycles. The number of nitrogens with zero attached hydrogens (tertiary/aromatic N) is 4. The monoisotopic (exact) mass is 351 g/mol. The van der Waals surface area contributed by atoms with Crippen LogP contribution in [0.15, 0.2) is 48.7 Å². The zero-order valence-corrected chi connectivity index (χ0v) is 14.6. The highest BCUT2D eigenvalue weighted by Gasteiger charge is 2.25.